The normalized spacial score (nSPS) is 15.7. The quantitative estimate of drug-likeness (QED) is 0.644. The summed E-state index contributed by atoms with van der Waals surface area (Å²) in [6, 6.07) is 11.4. The van der Waals surface area contributed by atoms with E-state index in [-0.39, 0.29) is 0 Å². The van der Waals surface area contributed by atoms with Gasteiger partial charge in [-0.25, -0.2) is 0 Å². The molecule has 2 aromatic rings. The largest absolute Gasteiger partial charge is 0.416 e. The van der Waals surface area contributed by atoms with E-state index < -0.39 is 11.7 Å². The van der Waals surface area contributed by atoms with Crippen molar-refractivity contribution in [2.75, 3.05) is 38.1 Å². The minimum absolute atomic E-state index is 0.572. The first-order valence-corrected chi connectivity index (χ1v) is 9.17. The zero-order chi connectivity index (χ0) is 20.1. The van der Waals surface area contributed by atoms with Crippen molar-refractivity contribution in [1.82, 2.24) is 15.2 Å². The summed E-state index contributed by atoms with van der Waals surface area (Å²) in [5.41, 5.74) is 1.88. The second-order valence-corrected chi connectivity index (χ2v) is 6.69. The number of aromatic nitrogens is 1. The molecule has 28 heavy (non-hydrogen) atoms. The van der Waals surface area contributed by atoms with Gasteiger partial charge in [0.15, 0.2) is 5.96 Å². The van der Waals surface area contributed by atoms with E-state index in [9.17, 15) is 13.2 Å². The van der Waals surface area contributed by atoms with Crippen molar-refractivity contribution in [2.45, 2.75) is 19.6 Å². The summed E-state index contributed by atoms with van der Waals surface area (Å²) in [4.78, 5) is 12.9. The molecule has 3 rings (SSSR count). The lowest BCUT2D eigenvalue weighted by Gasteiger charge is -2.37. The summed E-state index contributed by atoms with van der Waals surface area (Å²) in [5, 5.41) is 3.31. The van der Waals surface area contributed by atoms with Crippen molar-refractivity contribution in [3.05, 3.63) is 59.4 Å². The lowest BCUT2D eigenvalue weighted by Crippen LogP contribution is -2.52. The van der Waals surface area contributed by atoms with Gasteiger partial charge in [0.25, 0.3) is 0 Å². The molecule has 5 nitrogen and oxygen atoms in total. The van der Waals surface area contributed by atoms with Crippen LogP contribution in [-0.4, -0.2) is 49.1 Å². The highest BCUT2D eigenvalue weighted by Crippen LogP contribution is 2.31. The van der Waals surface area contributed by atoms with E-state index >= 15 is 0 Å². The van der Waals surface area contributed by atoms with Crippen LogP contribution in [0.3, 0.4) is 0 Å². The molecular formula is C20H24F3N5. The highest BCUT2D eigenvalue weighted by molar-refractivity contribution is 5.80. The molecule has 0 amide bonds. The Morgan fingerprint density at radius 2 is 1.82 bits per heavy atom. The maximum atomic E-state index is 12.9. The van der Waals surface area contributed by atoms with E-state index in [1.165, 1.54) is 12.1 Å². The predicted molar refractivity (Wildman–Crippen MR) is 104 cm³/mol. The van der Waals surface area contributed by atoms with E-state index in [0.717, 1.165) is 23.4 Å². The number of alkyl halides is 3. The number of benzene rings is 1. The van der Waals surface area contributed by atoms with Crippen LogP contribution in [-0.2, 0) is 12.7 Å². The van der Waals surface area contributed by atoms with Gasteiger partial charge in [0.05, 0.1) is 17.8 Å². The van der Waals surface area contributed by atoms with Crippen molar-refractivity contribution in [3.63, 3.8) is 0 Å². The Hall–Kier alpha value is -2.77. The highest BCUT2D eigenvalue weighted by Gasteiger charge is 2.31. The molecule has 8 heteroatoms. The highest BCUT2D eigenvalue weighted by atomic mass is 19.4. The Kier molecular flexibility index (Phi) is 6.06. The molecule has 0 bridgehead atoms. The summed E-state index contributed by atoms with van der Waals surface area (Å²) < 4.78 is 38.8. The second kappa shape index (κ2) is 8.50. The van der Waals surface area contributed by atoms with Gasteiger partial charge < -0.3 is 15.1 Å². The predicted octanol–water partition coefficient (Wildman–Crippen LogP) is 3.31. The molecule has 2 heterocycles. The SMILES string of the molecule is CN=C(NCc1cccc(C)n1)N1CCN(c2cccc(C(F)(F)F)c2)CC1. The van der Waals surface area contributed by atoms with Crippen LogP contribution in [0.5, 0.6) is 0 Å². The average Bonchev–Trinajstić information content (AvgIpc) is 2.68. The molecule has 0 radical (unpaired) electrons. The molecule has 1 saturated heterocycles. The first-order valence-electron chi connectivity index (χ1n) is 9.17. The molecule has 150 valence electrons. The number of hydrogen-bond donors (Lipinski definition) is 1. The lowest BCUT2D eigenvalue weighted by atomic mass is 10.1. The molecule has 1 aromatic heterocycles. The molecule has 1 aromatic carbocycles. The third kappa shape index (κ3) is 4.94. The first-order chi connectivity index (χ1) is 13.4. The number of nitrogens with zero attached hydrogens (tertiary/aromatic N) is 4. The molecule has 0 aliphatic carbocycles. The maximum Gasteiger partial charge on any atom is 0.416 e. The van der Waals surface area contributed by atoms with Crippen molar-refractivity contribution >= 4 is 11.6 Å². The van der Waals surface area contributed by atoms with Crippen LogP contribution in [0.15, 0.2) is 47.5 Å². The Morgan fingerprint density at radius 3 is 2.46 bits per heavy atom. The van der Waals surface area contributed by atoms with Crippen LogP contribution in [0.2, 0.25) is 0 Å². The summed E-state index contributed by atoms with van der Waals surface area (Å²) in [6.45, 7) is 5.14. The number of guanidine groups is 1. The van der Waals surface area contributed by atoms with Gasteiger partial charge in [0.1, 0.15) is 0 Å². The summed E-state index contributed by atoms with van der Waals surface area (Å²) >= 11 is 0. The fourth-order valence-corrected chi connectivity index (χ4v) is 3.26. The molecule has 0 unspecified atom stereocenters. The minimum atomic E-state index is -4.33. The third-order valence-corrected chi connectivity index (χ3v) is 4.70. The van der Waals surface area contributed by atoms with Gasteiger partial charge in [-0.1, -0.05) is 12.1 Å². The van der Waals surface area contributed by atoms with Gasteiger partial charge in [-0.15, -0.1) is 0 Å². The lowest BCUT2D eigenvalue weighted by molar-refractivity contribution is -0.137. The zero-order valence-corrected chi connectivity index (χ0v) is 16.0. The first kappa shape index (κ1) is 20.0. The standard InChI is InChI=1S/C20H24F3N5/c1-15-5-3-7-17(26-15)14-25-19(24-2)28-11-9-27(10-12-28)18-8-4-6-16(13-18)20(21,22)23/h3-8,13H,9-12,14H2,1-2H3,(H,24,25). The van der Waals surface area contributed by atoms with Gasteiger partial charge in [-0.2, -0.15) is 13.2 Å². The third-order valence-electron chi connectivity index (χ3n) is 4.70. The molecular weight excluding hydrogens is 367 g/mol. The smallest absolute Gasteiger partial charge is 0.368 e. The number of piperazine rings is 1. The van der Waals surface area contributed by atoms with Crippen LogP contribution in [0.1, 0.15) is 17.0 Å². The Morgan fingerprint density at radius 1 is 1.11 bits per heavy atom. The number of pyridine rings is 1. The molecule has 1 fully saturated rings. The van der Waals surface area contributed by atoms with Gasteiger partial charge in [-0.3, -0.25) is 9.98 Å². The number of halogens is 3. The molecule has 0 spiro atoms. The van der Waals surface area contributed by atoms with E-state index in [1.807, 2.05) is 30.0 Å². The Balaban J connectivity index is 1.58. The molecule has 0 saturated carbocycles. The van der Waals surface area contributed by atoms with Crippen LogP contribution < -0.4 is 10.2 Å². The van der Waals surface area contributed by atoms with Gasteiger partial charge >= 0.3 is 6.18 Å². The van der Waals surface area contributed by atoms with E-state index in [2.05, 4.69) is 20.2 Å². The number of aliphatic imine (C=N–C) groups is 1. The number of hydrogen-bond acceptors (Lipinski definition) is 3. The fraction of sp³-hybridized carbons (Fsp3) is 0.400. The second-order valence-electron chi connectivity index (χ2n) is 6.69. The van der Waals surface area contributed by atoms with Crippen LogP contribution in [0.4, 0.5) is 18.9 Å². The van der Waals surface area contributed by atoms with Crippen molar-refractivity contribution in [3.8, 4) is 0 Å². The zero-order valence-electron chi connectivity index (χ0n) is 16.0. The van der Waals surface area contributed by atoms with Gasteiger partial charge in [0, 0.05) is 44.6 Å². The average molecular weight is 391 g/mol. The van der Waals surface area contributed by atoms with Gasteiger partial charge in [0.2, 0.25) is 0 Å². The Bertz CT molecular complexity index is 827. The Labute approximate surface area is 162 Å². The van der Waals surface area contributed by atoms with E-state index in [0.29, 0.717) is 38.4 Å². The molecule has 1 aliphatic rings. The number of rotatable bonds is 3. The van der Waals surface area contributed by atoms with Crippen LogP contribution in [0, 0.1) is 6.92 Å². The van der Waals surface area contributed by atoms with Crippen LogP contribution in [0.25, 0.3) is 0 Å². The van der Waals surface area contributed by atoms with E-state index in [4.69, 9.17) is 0 Å². The minimum Gasteiger partial charge on any atom is -0.368 e. The van der Waals surface area contributed by atoms with E-state index in [1.54, 1.807) is 13.1 Å². The van der Waals surface area contributed by atoms with Crippen molar-refractivity contribution in [1.29, 1.82) is 0 Å². The number of nitrogens with one attached hydrogen (secondary N) is 1. The maximum absolute atomic E-state index is 12.9. The van der Waals surface area contributed by atoms with Gasteiger partial charge in [-0.05, 0) is 37.3 Å². The van der Waals surface area contributed by atoms with Crippen molar-refractivity contribution in [2.24, 2.45) is 4.99 Å². The summed E-state index contributed by atoms with van der Waals surface area (Å²) in [7, 11) is 1.73. The topological polar surface area (TPSA) is 43.8 Å². The van der Waals surface area contributed by atoms with Crippen molar-refractivity contribution < 1.29 is 13.2 Å². The molecule has 1 N–H and O–H groups in total. The monoisotopic (exact) mass is 391 g/mol. The molecule has 0 atom stereocenters. The summed E-state index contributed by atoms with van der Waals surface area (Å²) in [6.07, 6.45) is -4.33. The fourth-order valence-electron chi connectivity index (χ4n) is 3.26. The molecule has 1 aliphatic heterocycles. The number of anilines is 1. The summed E-state index contributed by atoms with van der Waals surface area (Å²) in [5.74, 6) is 0.770. The van der Waals surface area contributed by atoms with Crippen LogP contribution >= 0.6 is 0 Å². The number of aryl methyl sites for hydroxylation is 1.